The maximum atomic E-state index is 12.8. The molecule has 0 N–H and O–H groups in total. The molecule has 0 bridgehead atoms. The second kappa shape index (κ2) is 3.00. The third kappa shape index (κ3) is 1.08. The molecule has 0 aromatic carbocycles. The third-order valence-electron chi connectivity index (χ3n) is 2.44. The van der Waals surface area contributed by atoms with Gasteiger partial charge < -0.3 is 0 Å². The lowest BCUT2D eigenvalue weighted by molar-refractivity contribution is -0.526. The normalized spacial score (nSPS) is 28.7. The average Bonchev–Trinajstić information content (AvgIpc) is 2.12. The van der Waals surface area contributed by atoms with Crippen LogP contribution in [0.2, 0.25) is 0 Å². The first-order valence-corrected chi connectivity index (χ1v) is 3.77. The van der Waals surface area contributed by atoms with Crippen LogP contribution < -0.4 is 0 Å². The van der Waals surface area contributed by atoms with Crippen LogP contribution in [0.15, 0.2) is 0 Å². The zero-order valence-electron chi connectivity index (χ0n) is 7.54. The number of halogens is 12. The minimum Gasteiger partial charge on any atom is -0.223 e. The molecule has 108 valence electrons. The molecule has 1 saturated carbocycles. The Morgan fingerprint density at radius 2 is 0.778 bits per heavy atom. The van der Waals surface area contributed by atoms with Gasteiger partial charge in [-0.25, -0.2) is 4.39 Å². The summed E-state index contributed by atoms with van der Waals surface area (Å²) in [5.74, 6) is -27.7. The average molecular weight is 300 g/mol. The predicted octanol–water partition coefficient (Wildman–Crippen LogP) is 3.81. The summed E-state index contributed by atoms with van der Waals surface area (Å²) in [5.41, 5.74) is -7.05. The molecule has 0 aromatic heterocycles. The Hall–Kier alpha value is -0.840. The number of alkyl halides is 12. The Labute approximate surface area is 89.5 Å². The second-order valence-corrected chi connectivity index (χ2v) is 3.45. The van der Waals surface area contributed by atoms with Crippen LogP contribution >= 0.6 is 0 Å². The monoisotopic (exact) mass is 300 g/mol. The topological polar surface area (TPSA) is 0 Å². The van der Waals surface area contributed by atoms with Crippen molar-refractivity contribution in [2.24, 2.45) is 0 Å². The van der Waals surface area contributed by atoms with Gasteiger partial charge in [0.2, 0.25) is 0 Å². The van der Waals surface area contributed by atoms with Crippen molar-refractivity contribution >= 4 is 0 Å². The van der Waals surface area contributed by atoms with Gasteiger partial charge >= 0.3 is 35.5 Å². The van der Waals surface area contributed by atoms with Gasteiger partial charge in [0.15, 0.2) is 0 Å². The third-order valence-corrected chi connectivity index (χ3v) is 2.44. The Morgan fingerprint density at radius 3 is 1.00 bits per heavy atom. The molecule has 0 unspecified atom stereocenters. The first-order chi connectivity index (χ1) is 7.50. The van der Waals surface area contributed by atoms with E-state index in [0.29, 0.717) is 0 Å². The molecule has 1 rings (SSSR count). The molecule has 0 radical (unpaired) electrons. The highest BCUT2D eigenvalue weighted by Crippen LogP contribution is 2.74. The van der Waals surface area contributed by atoms with Crippen LogP contribution in [0.4, 0.5) is 52.7 Å². The summed E-state index contributed by atoms with van der Waals surface area (Å²) in [6, 6.07) is 0. The minimum atomic E-state index is -7.35. The molecule has 1 aliphatic rings. The first kappa shape index (κ1) is 15.2. The van der Waals surface area contributed by atoms with Crippen molar-refractivity contribution in [1.82, 2.24) is 0 Å². The summed E-state index contributed by atoms with van der Waals surface area (Å²) in [6.07, 6.45) is -7.19. The highest BCUT2D eigenvalue weighted by atomic mass is 19.4. The molecule has 0 aromatic rings. The maximum absolute atomic E-state index is 12.8. The zero-order valence-corrected chi connectivity index (χ0v) is 7.54. The van der Waals surface area contributed by atoms with E-state index in [-0.39, 0.29) is 0 Å². The van der Waals surface area contributed by atoms with E-state index < -0.39 is 35.5 Å². The van der Waals surface area contributed by atoms with Crippen LogP contribution in [-0.2, 0) is 0 Å². The van der Waals surface area contributed by atoms with Gasteiger partial charge in [-0.15, -0.1) is 0 Å². The largest absolute Gasteiger partial charge is 0.457 e. The quantitative estimate of drug-likeness (QED) is 0.646. The van der Waals surface area contributed by atoms with E-state index in [9.17, 15) is 52.7 Å². The zero-order chi connectivity index (χ0) is 15.0. The number of rotatable bonds is 1. The fraction of sp³-hybridized carbons (Fsp3) is 1.00. The highest BCUT2D eigenvalue weighted by molar-refractivity contribution is 5.32. The fourth-order valence-corrected chi connectivity index (χ4v) is 1.35. The Morgan fingerprint density at radius 1 is 0.500 bits per heavy atom. The summed E-state index contributed by atoms with van der Waals surface area (Å²) < 4.78 is 145. The maximum Gasteiger partial charge on any atom is 0.457 e. The van der Waals surface area contributed by atoms with Crippen LogP contribution in [-0.4, -0.2) is 35.5 Å². The molecule has 0 nitrogen and oxygen atoms in total. The smallest absolute Gasteiger partial charge is 0.223 e. The van der Waals surface area contributed by atoms with Crippen molar-refractivity contribution in [3.8, 4) is 0 Å². The van der Waals surface area contributed by atoms with Crippen LogP contribution in [0.1, 0.15) is 0 Å². The predicted molar refractivity (Wildman–Crippen MR) is 29.7 cm³/mol. The van der Waals surface area contributed by atoms with Crippen molar-refractivity contribution in [2.75, 3.05) is 0 Å². The molecule has 18 heavy (non-hydrogen) atoms. The van der Waals surface area contributed by atoms with E-state index in [0.717, 1.165) is 0 Å². The van der Waals surface area contributed by atoms with E-state index in [1.54, 1.807) is 0 Å². The highest BCUT2D eigenvalue weighted by Gasteiger charge is 3.08. The minimum absolute atomic E-state index is 6.65. The summed E-state index contributed by atoms with van der Waals surface area (Å²) in [7, 11) is 0. The molecule has 0 saturated heterocycles. The Bertz CT molecular complexity index is 343. The van der Waals surface area contributed by atoms with E-state index in [2.05, 4.69) is 0 Å². The van der Waals surface area contributed by atoms with Crippen LogP contribution in [0, 0.1) is 0 Å². The summed E-state index contributed by atoms with van der Waals surface area (Å²) in [5, 5.41) is 0. The van der Waals surface area contributed by atoms with E-state index in [1.165, 1.54) is 0 Å². The SMILES string of the molecule is FC(F)(F)C(F)(F)C1(F)C(F)(F)C(F)(F)C1(F)F. The van der Waals surface area contributed by atoms with Gasteiger partial charge in [-0.05, 0) is 0 Å². The van der Waals surface area contributed by atoms with Crippen molar-refractivity contribution < 1.29 is 52.7 Å². The van der Waals surface area contributed by atoms with Gasteiger partial charge in [-0.1, -0.05) is 0 Å². The van der Waals surface area contributed by atoms with Crippen molar-refractivity contribution in [2.45, 2.75) is 35.5 Å². The molecule has 0 amide bonds. The van der Waals surface area contributed by atoms with Crippen LogP contribution in [0.25, 0.3) is 0 Å². The summed E-state index contributed by atoms with van der Waals surface area (Å²) in [4.78, 5) is 0. The molecule has 0 atom stereocenters. The molecule has 12 heteroatoms. The van der Waals surface area contributed by atoms with Crippen LogP contribution in [0.3, 0.4) is 0 Å². The molecular formula is C6F12. The molecule has 0 heterocycles. The number of hydrogen-bond acceptors (Lipinski definition) is 0. The lowest BCUT2D eigenvalue weighted by Crippen LogP contribution is -2.90. The van der Waals surface area contributed by atoms with Gasteiger partial charge in [-0.3, -0.25) is 0 Å². The van der Waals surface area contributed by atoms with E-state index in [1.807, 2.05) is 0 Å². The van der Waals surface area contributed by atoms with Gasteiger partial charge in [0, 0.05) is 0 Å². The lowest BCUT2D eigenvalue weighted by atomic mass is 9.65. The van der Waals surface area contributed by atoms with E-state index in [4.69, 9.17) is 0 Å². The Kier molecular flexibility index (Phi) is 2.54. The van der Waals surface area contributed by atoms with Gasteiger partial charge in [0.25, 0.3) is 0 Å². The molecule has 0 aliphatic heterocycles. The van der Waals surface area contributed by atoms with E-state index >= 15 is 0 Å². The second-order valence-electron chi connectivity index (χ2n) is 3.45. The first-order valence-electron chi connectivity index (χ1n) is 3.77. The number of hydrogen-bond donors (Lipinski definition) is 0. The van der Waals surface area contributed by atoms with Crippen molar-refractivity contribution in [1.29, 1.82) is 0 Å². The molecule has 1 fully saturated rings. The van der Waals surface area contributed by atoms with Gasteiger partial charge in [0.1, 0.15) is 0 Å². The van der Waals surface area contributed by atoms with Crippen molar-refractivity contribution in [3.63, 3.8) is 0 Å². The summed E-state index contributed by atoms with van der Waals surface area (Å²) in [6.45, 7) is 0. The molecule has 0 spiro atoms. The lowest BCUT2D eigenvalue weighted by Gasteiger charge is -2.55. The molecular weight excluding hydrogens is 300 g/mol. The fourth-order valence-electron chi connectivity index (χ4n) is 1.35. The van der Waals surface area contributed by atoms with Gasteiger partial charge in [0.05, 0.1) is 0 Å². The standard InChI is InChI=1S/C6F12/c7-1(4(12,13)6(16,17)18)2(8,9)5(14,15)3(1,10)11. The van der Waals surface area contributed by atoms with Gasteiger partial charge in [-0.2, -0.15) is 48.3 Å². The van der Waals surface area contributed by atoms with Crippen molar-refractivity contribution in [3.05, 3.63) is 0 Å². The summed E-state index contributed by atoms with van der Waals surface area (Å²) >= 11 is 0. The van der Waals surface area contributed by atoms with Crippen LogP contribution in [0.5, 0.6) is 0 Å². The Balaban J connectivity index is 3.49. The molecule has 1 aliphatic carbocycles.